The van der Waals surface area contributed by atoms with E-state index in [1.807, 2.05) is 12.1 Å². The topological polar surface area (TPSA) is 32.7 Å². The molecule has 4 heteroatoms. The molecule has 2 aromatic carbocycles. The van der Waals surface area contributed by atoms with E-state index in [1.165, 1.54) is 16.7 Å². The molecule has 1 N–H and O–H groups in total. The number of fused-ring (bicyclic) bond motifs is 1. The van der Waals surface area contributed by atoms with E-state index in [1.54, 1.807) is 7.11 Å². The number of hydrogen-bond acceptors (Lipinski definition) is 3. The second-order valence-corrected chi connectivity index (χ2v) is 6.61. The van der Waals surface area contributed by atoms with Crippen molar-refractivity contribution < 1.29 is 9.84 Å². The predicted molar refractivity (Wildman–Crippen MR) is 91.5 cm³/mol. The number of ether oxygens (including phenoxy) is 1. The summed E-state index contributed by atoms with van der Waals surface area (Å²) in [5, 5.41) is 9.94. The first kappa shape index (κ1) is 15.4. The van der Waals surface area contributed by atoms with Crippen LogP contribution in [0.3, 0.4) is 0 Å². The molecule has 0 fully saturated rings. The molecule has 0 radical (unpaired) electrons. The Kier molecular flexibility index (Phi) is 4.69. The standard InChI is InChI=1S/C18H20BrNO2/c1-22-18-11-14-6-8-20(12-15(14)10-17(18)21)7-5-13-3-2-4-16(19)9-13/h2-4,9-11,21H,5-8,12H2,1H3. The van der Waals surface area contributed by atoms with Crippen LogP contribution < -0.4 is 4.74 Å². The highest BCUT2D eigenvalue weighted by atomic mass is 79.9. The largest absolute Gasteiger partial charge is 0.504 e. The minimum absolute atomic E-state index is 0.232. The minimum atomic E-state index is 0.232. The van der Waals surface area contributed by atoms with E-state index in [2.05, 4.69) is 45.1 Å². The van der Waals surface area contributed by atoms with Gasteiger partial charge in [0.15, 0.2) is 11.5 Å². The molecule has 0 aliphatic carbocycles. The van der Waals surface area contributed by atoms with Crippen molar-refractivity contribution in [3.8, 4) is 11.5 Å². The molecule has 0 unspecified atom stereocenters. The SMILES string of the molecule is COc1cc2c(cc1O)CN(CCc1cccc(Br)c1)CC2. The smallest absolute Gasteiger partial charge is 0.160 e. The molecule has 0 saturated heterocycles. The number of rotatable bonds is 4. The summed E-state index contributed by atoms with van der Waals surface area (Å²) in [6.07, 6.45) is 2.04. The molecule has 1 aliphatic heterocycles. The maximum atomic E-state index is 9.94. The number of benzene rings is 2. The molecule has 3 nitrogen and oxygen atoms in total. The zero-order valence-corrected chi connectivity index (χ0v) is 14.3. The number of halogens is 1. The molecule has 0 aromatic heterocycles. The van der Waals surface area contributed by atoms with Gasteiger partial charge in [-0.1, -0.05) is 28.1 Å². The van der Waals surface area contributed by atoms with E-state index < -0.39 is 0 Å². The highest BCUT2D eigenvalue weighted by Crippen LogP contribution is 2.32. The van der Waals surface area contributed by atoms with Crippen molar-refractivity contribution in [2.24, 2.45) is 0 Å². The Labute approximate surface area is 139 Å². The molecular weight excluding hydrogens is 342 g/mol. The van der Waals surface area contributed by atoms with Crippen LogP contribution in [0.5, 0.6) is 11.5 Å². The predicted octanol–water partition coefficient (Wildman–Crippen LogP) is 3.76. The van der Waals surface area contributed by atoms with Gasteiger partial charge in [0.25, 0.3) is 0 Å². The van der Waals surface area contributed by atoms with Crippen molar-refractivity contribution in [1.29, 1.82) is 0 Å². The first-order valence-electron chi connectivity index (χ1n) is 7.51. The molecular formula is C18H20BrNO2. The van der Waals surface area contributed by atoms with Crippen molar-refractivity contribution >= 4 is 15.9 Å². The Morgan fingerprint density at radius 3 is 2.86 bits per heavy atom. The molecule has 0 bridgehead atoms. The lowest BCUT2D eigenvalue weighted by atomic mass is 9.98. The van der Waals surface area contributed by atoms with Crippen LogP contribution in [0.25, 0.3) is 0 Å². The third-order valence-electron chi connectivity index (χ3n) is 4.20. The molecule has 22 heavy (non-hydrogen) atoms. The monoisotopic (exact) mass is 361 g/mol. The molecule has 1 heterocycles. The van der Waals surface area contributed by atoms with Crippen LogP contribution in [0.2, 0.25) is 0 Å². The summed E-state index contributed by atoms with van der Waals surface area (Å²) in [6.45, 7) is 2.97. The van der Waals surface area contributed by atoms with Gasteiger partial charge in [0.1, 0.15) is 0 Å². The number of methoxy groups -OCH3 is 1. The lowest BCUT2D eigenvalue weighted by molar-refractivity contribution is 0.256. The zero-order valence-electron chi connectivity index (χ0n) is 12.7. The van der Waals surface area contributed by atoms with Crippen molar-refractivity contribution in [2.45, 2.75) is 19.4 Å². The fourth-order valence-electron chi connectivity index (χ4n) is 2.97. The van der Waals surface area contributed by atoms with Crippen LogP contribution in [-0.4, -0.2) is 30.2 Å². The highest BCUT2D eigenvalue weighted by Gasteiger charge is 2.18. The third-order valence-corrected chi connectivity index (χ3v) is 4.69. The molecule has 0 amide bonds. The quantitative estimate of drug-likeness (QED) is 0.899. The Hall–Kier alpha value is -1.52. The number of phenols is 1. The number of hydrogen-bond donors (Lipinski definition) is 1. The average Bonchev–Trinajstić information content (AvgIpc) is 2.52. The van der Waals surface area contributed by atoms with Crippen molar-refractivity contribution in [2.75, 3.05) is 20.2 Å². The van der Waals surface area contributed by atoms with E-state index >= 15 is 0 Å². The van der Waals surface area contributed by atoms with Gasteiger partial charge in [0.05, 0.1) is 7.11 Å². The highest BCUT2D eigenvalue weighted by molar-refractivity contribution is 9.10. The van der Waals surface area contributed by atoms with Crippen LogP contribution >= 0.6 is 15.9 Å². The Balaban J connectivity index is 1.65. The van der Waals surface area contributed by atoms with Gasteiger partial charge in [-0.15, -0.1) is 0 Å². The van der Waals surface area contributed by atoms with E-state index in [9.17, 15) is 5.11 Å². The summed E-state index contributed by atoms with van der Waals surface area (Å²) in [5.74, 6) is 0.802. The van der Waals surface area contributed by atoms with Crippen LogP contribution in [0.15, 0.2) is 40.9 Å². The van der Waals surface area contributed by atoms with Gasteiger partial charge in [-0.05, 0) is 53.8 Å². The van der Waals surface area contributed by atoms with Crippen LogP contribution in [0.4, 0.5) is 0 Å². The first-order chi connectivity index (χ1) is 10.7. The molecule has 3 rings (SSSR count). The van der Waals surface area contributed by atoms with Crippen molar-refractivity contribution in [3.63, 3.8) is 0 Å². The van der Waals surface area contributed by atoms with Crippen molar-refractivity contribution in [1.82, 2.24) is 4.90 Å². The molecule has 2 aromatic rings. The first-order valence-corrected chi connectivity index (χ1v) is 8.30. The second-order valence-electron chi connectivity index (χ2n) is 5.70. The Morgan fingerprint density at radius 2 is 2.09 bits per heavy atom. The number of nitrogens with zero attached hydrogens (tertiary/aromatic N) is 1. The zero-order chi connectivity index (χ0) is 15.5. The fourth-order valence-corrected chi connectivity index (χ4v) is 3.41. The molecule has 0 spiro atoms. The van der Waals surface area contributed by atoms with E-state index in [0.29, 0.717) is 5.75 Å². The molecule has 116 valence electrons. The van der Waals surface area contributed by atoms with Gasteiger partial charge < -0.3 is 9.84 Å². The summed E-state index contributed by atoms with van der Waals surface area (Å²) in [6, 6.07) is 12.3. The van der Waals surface area contributed by atoms with Gasteiger partial charge >= 0.3 is 0 Å². The normalized spacial score (nSPS) is 14.6. The lowest BCUT2D eigenvalue weighted by Gasteiger charge is -2.29. The molecule has 0 atom stereocenters. The molecule has 1 aliphatic rings. The lowest BCUT2D eigenvalue weighted by Crippen LogP contribution is -2.32. The van der Waals surface area contributed by atoms with Gasteiger partial charge in [-0.2, -0.15) is 0 Å². The van der Waals surface area contributed by atoms with Crippen LogP contribution in [0.1, 0.15) is 16.7 Å². The van der Waals surface area contributed by atoms with E-state index in [0.717, 1.165) is 36.9 Å². The minimum Gasteiger partial charge on any atom is -0.504 e. The number of phenolic OH excluding ortho intramolecular Hbond substituents is 1. The summed E-state index contributed by atoms with van der Waals surface area (Å²) in [7, 11) is 1.59. The fraction of sp³-hybridized carbons (Fsp3) is 0.333. The van der Waals surface area contributed by atoms with Crippen LogP contribution in [0, 0.1) is 0 Å². The summed E-state index contributed by atoms with van der Waals surface area (Å²) in [5.41, 5.74) is 3.84. The summed E-state index contributed by atoms with van der Waals surface area (Å²) >= 11 is 3.52. The van der Waals surface area contributed by atoms with Crippen molar-refractivity contribution in [3.05, 3.63) is 57.6 Å². The van der Waals surface area contributed by atoms with Gasteiger partial charge in [0.2, 0.25) is 0 Å². The second kappa shape index (κ2) is 6.71. The Bertz CT molecular complexity index is 672. The molecule has 0 saturated carbocycles. The average molecular weight is 362 g/mol. The summed E-state index contributed by atoms with van der Waals surface area (Å²) < 4.78 is 6.32. The van der Waals surface area contributed by atoms with E-state index in [-0.39, 0.29) is 5.75 Å². The summed E-state index contributed by atoms with van der Waals surface area (Å²) in [4.78, 5) is 2.44. The Morgan fingerprint density at radius 1 is 1.23 bits per heavy atom. The van der Waals surface area contributed by atoms with Crippen LogP contribution in [-0.2, 0) is 19.4 Å². The number of aromatic hydroxyl groups is 1. The maximum Gasteiger partial charge on any atom is 0.160 e. The van der Waals surface area contributed by atoms with Gasteiger partial charge in [-0.25, -0.2) is 0 Å². The van der Waals surface area contributed by atoms with E-state index in [4.69, 9.17) is 4.74 Å². The maximum absolute atomic E-state index is 9.94. The third kappa shape index (κ3) is 3.45. The van der Waals surface area contributed by atoms with Gasteiger partial charge in [0, 0.05) is 24.1 Å². The van der Waals surface area contributed by atoms with Gasteiger partial charge in [-0.3, -0.25) is 4.90 Å².